The molecule has 164 valence electrons. The molecular weight excluding hydrogens is 415 g/mol. The molecule has 2 N–H and O–H groups in total. The third-order valence-corrected chi connectivity index (χ3v) is 5.35. The Morgan fingerprint density at radius 3 is 2.55 bits per heavy atom. The summed E-state index contributed by atoms with van der Waals surface area (Å²) in [5.74, 6) is -0.824. The lowest BCUT2D eigenvalue weighted by molar-refractivity contribution is -0.146. The van der Waals surface area contributed by atoms with Gasteiger partial charge in [0, 0.05) is 49.3 Å². The predicted octanol–water partition coefficient (Wildman–Crippen LogP) is 2.30. The van der Waals surface area contributed by atoms with Crippen molar-refractivity contribution in [2.75, 3.05) is 18.0 Å². The number of pyridine rings is 1. The number of nitrogens with zero attached hydrogens (tertiary/aromatic N) is 6. The normalized spacial score (nSPS) is 15.5. The molecule has 0 aliphatic carbocycles. The number of rotatable bonds is 4. The number of amides is 1. The number of hydrogen-bond donors (Lipinski definition) is 1. The number of carbonyl (C=O) groups excluding carboxylic acids is 1. The zero-order valence-corrected chi connectivity index (χ0v) is 16.8. The summed E-state index contributed by atoms with van der Waals surface area (Å²) in [6, 6.07) is 3.13. The Morgan fingerprint density at radius 2 is 1.90 bits per heavy atom. The monoisotopic (exact) mass is 435 g/mol. The van der Waals surface area contributed by atoms with Gasteiger partial charge in [0.2, 0.25) is 0 Å². The maximum atomic E-state index is 13.3. The number of aromatic nitrogens is 5. The van der Waals surface area contributed by atoms with Crippen LogP contribution in [-0.4, -0.2) is 49.9 Å². The summed E-state index contributed by atoms with van der Waals surface area (Å²) in [5, 5.41) is 11.2. The zero-order chi connectivity index (χ0) is 22.3. The van der Waals surface area contributed by atoms with E-state index in [1.54, 1.807) is 13.0 Å². The van der Waals surface area contributed by atoms with Crippen LogP contribution in [0.1, 0.15) is 40.3 Å². The van der Waals surface area contributed by atoms with Gasteiger partial charge >= 0.3 is 6.18 Å². The van der Waals surface area contributed by atoms with Crippen molar-refractivity contribution in [2.24, 2.45) is 5.73 Å². The molecule has 1 saturated heterocycles. The van der Waals surface area contributed by atoms with Gasteiger partial charge in [-0.05, 0) is 19.9 Å². The first-order chi connectivity index (χ1) is 14.6. The second-order valence-electron chi connectivity index (χ2n) is 7.38. The molecule has 9 nitrogen and oxygen atoms in total. The molecule has 1 fully saturated rings. The van der Waals surface area contributed by atoms with Crippen LogP contribution in [0.3, 0.4) is 0 Å². The van der Waals surface area contributed by atoms with E-state index in [1.807, 2.05) is 11.8 Å². The zero-order valence-electron chi connectivity index (χ0n) is 16.8. The summed E-state index contributed by atoms with van der Waals surface area (Å²) in [6.07, 6.45) is -2.07. The molecule has 0 unspecified atom stereocenters. The Labute approximate surface area is 175 Å². The largest absolute Gasteiger partial charge is 0.490 e. The molecule has 0 spiro atoms. The highest BCUT2D eigenvalue weighted by atomic mass is 19.4. The van der Waals surface area contributed by atoms with Crippen LogP contribution in [0.25, 0.3) is 5.65 Å². The van der Waals surface area contributed by atoms with Crippen LogP contribution >= 0.6 is 0 Å². The molecule has 4 rings (SSSR count). The maximum absolute atomic E-state index is 13.3. The lowest BCUT2D eigenvalue weighted by Gasteiger charge is -2.34. The number of aryl methyl sites for hydroxylation is 1. The summed E-state index contributed by atoms with van der Waals surface area (Å²) in [4.78, 5) is 17.1. The minimum absolute atomic E-state index is 0.0923. The number of primary amides is 1. The highest BCUT2D eigenvalue weighted by Gasteiger charge is 2.38. The highest BCUT2D eigenvalue weighted by Crippen LogP contribution is 2.31. The molecule has 1 amide bonds. The molecule has 4 heterocycles. The SMILES string of the molecule is Cc1c(N2CCC(Oc3ccnc(C(N)=O)c3)CC2)nn2c(C(F)(F)F)nnc2c1C. The smallest absolute Gasteiger partial charge is 0.453 e. The number of hydrogen-bond acceptors (Lipinski definition) is 7. The average molecular weight is 435 g/mol. The standard InChI is InChI=1S/C19H20F3N7O2/c1-10-11(2)17(27-29-16(10)25-26-18(29)19(20,21)22)28-7-4-12(5-8-28)31-13-3-6-24-14(9-13)15(23)30/h3,6,9,12H,4-5,7-8H2,1-2H3,(H2,23,30). The minimum Gasteiger partial charge on any atom is -0.490 e. The number of alkyl halides is 3. The lowest BCUT2D eigenvalue weighted by Crippen LogP contribution is -2.39. The Balaban J connectivity index is 1.53. The minimum atomic E-state index is -4.65. The average Bonchev–Trinajstić information content (AvgIpc) is 3.16. The van der Waals surface area contributed by atoms with Gasteiger partial charge in [-0.1, -0.05) is 0 Å². The van der Waals surface area contributed by atoms with Crippen molar-refractivity contribution < 1.29 is 22.7 Å². The topological polar surface area (TPSA) is 112 Å². The molecule has 0 saturated carbocycles. The number of halogens is 3. The van der Waals surface area contributed by atoms with Gasteiger partial charge in [0.05, 0.1) is 0 Å². The molecule has 0 aromatic carbocycles. The van der Waals surface area contributed by atoms with E-state index < -0.39 is 17.9 Å². The van der Waals surface area contributed by atoms with Gasteiger partial charge < -0.3 is 15.4 Å². The van der Waals surface area contributed by atoms with Crippen molar-refractivity contribution in [2.45, 2.75) is 39.0 Å². The number of piperidine rings is 1. The lowest BCUT2D eigenvalue weighted by atomic mass is 10.1. The predicted molar refractivity (Wildman–Crippen MR) is 104 cm³/mol. The van der Waals surface area contributed by atoms with Gasteiger partial charge in [0.15, 0.2) is 11.5 Å². The van der Waals surface area contributed by atoms with Crippen molar-refractivity contribution in [3.63, 3.8) is 0 Å². The number of carbonyl (C=O) groups is 1. The third kappa shape index (κ3) is 3.97. The van der Waals surface area contributed by atoms with Crippen LogP contribution in [0.4, 0.5) is 19.0 Å². The van der Waals surface area contributed by atoms with Gasteiger partial charge in [-0.2, -0.15) is 17.7 Å². The van der Waals surface area contributed by atoms with E-state index in [4.69, 9.17) is 10.5 Å². The summed E-state index contributed by atoms with van der Waals surface area (Å²) in [5.41, 5.74) is 6.81. The van der Waals surface area contributed by atoms with Crippen molar-refractivity contribution in [1.82, 2.24) is 24.8 Å². The Kier molecular flexibility index (Phi) is 5.15. The van der Waals surface area contributed by atoms with Crippen LogP contribution in [0.15, 0.2) is 18.3 Å². The van der Waals surface area contributed by atoms with E-state index in [9.17, 15) is 18.0 Å². The van der Waals surface area contributed by atoms with E-state index in [-0.39, 0.29) is 17.4 Å². The van der Waals surface area contributed by atoms with Crippen LogP contribution in [-0.2, 0) is 6.18 Å². The highest BCUT2D eigenvalue weighted by molar-refractivity contribution is 5.91. The molecule has 1 aliphatic rings. The number of fused-ring (bicyclic) bond motifs is 1. The van der Waals surface area contributed by atoms with E-state index in [0.717, 1.165) is 10.1 Å². The third-order valence-electron chi connectivity index (χ3n) is 5.35. The van der Waals surface area contributed by atoms with Gasteiger partial charge in [0.25, 0.3) is 11.7 Å². The second-order valence-corrected chi connectivity index (χ2v) is 7.38. The van der Waals surface area contributed by atoms with E-state index in [1.165, 1.54) is 12.3 Å². The molecule has 0 radical (unpaired) electrons. The molecule has 0 bridgehead atoms. The Hall–Kier alpha value is -3.44. The fourth-order valence-corrected chi connectivity index (χ4v) is 3.59. The van der Waals surface area contributed by atoms with Gasteiger partial charge in [-0.25, -0.2) is 0 Å². The van der Waals surface area contributed by atoms with Crippen molar-refractivity contribution in [3.05, 3.63) is 41.0 Å². The first-order valence-corrected chi connectivity index (χ1v) is 9.62. The first-order valence-electron chi connectivity index (χ1n) is 9.62. The number of nitrogens with two attached hydrogens (primary N) is 1. The Bertz CT molecular complexity index is 1140. The maximum Gasteiger partial charge on any atom is 0.453 e. The molecular formula is C19H20F3N7O2. The van der Waals surface area contributed by atoms with Gasteiger partial charge in [-0.15, -0.1) is 15.3 Å². The Morgan fingerprint density at radius 1 is 1.19 bits per heavy atom. The van der Waals surface area contributed by atoms with Gasteiger partial charge in [-0.3, -0.25) is 9.78 Å². The van der Waals surface area contributed by atoms with Crippen molar-refractivity contribution >= 4 is 17.4 Å². The van der Waals surface area contributed by atoms with E-state index in [0.29, 0.717) is 43.1 Å². The second kappa shape index (κ2) is 7.67. The van der Waals surface area contributed by atoms with Gasteiger partial charge in [0.1, 0.15) is 17.5 Å². The van der Waals surface area contributed by atoms with E-state index in [2.05, 4.69) is 20.3 Å². The van der Waals surface area contributed by atoms with Crippen LogP contribution in [0, 0.1) is 13.8 Å². The number of anilines is 1. The fraction of sp³-hybridized carbons (Fsp3) is 0.421. The molecule has 0 atom stereocenters. The summed E-state index contributed by atoms with van der Waals surface area (Å²) in [6.45, 7) is 4.60. The van der Waals surface area contributed by atoms with Crippen molar-refractivity contribution in [3.8, 4) is 5.75 Å². The molecule has 3 aromatic heterocycles. The van der Waals surface area contributed by atoms with Crippen LogP contribution < -0.4 is 15.4 Å². The van der Waals surface area contributed by atoms with Crippen LogP contribution in [0.2, 0.25) is 0 Å². The molecule has 3 aromatic rings. The van der Waals surface area contributed by atoms with Crippen molar-refractivity contribution in [1.29, 1.82) is 0 Å². The first kappa shape index (κ1) is 20.8. The molecule has 31 heavy (non-hydrogen) atoms. The quantitative estimate of drug-likeness (QED) is 0.669. The number of ether oxygens (including phenoxy) is 1. The summed E-state index contributed by atoms with van der Waals surface area (Å²) >= 11 is 0. The summed E-state index contributed by atoms with van der Waals surface area (Å²) in [7, 11) is 0. The fourth-order valence-electron chi connectivity index (χ4n) is 3.59. The molecule has 1 aliphatic heterocycles. The summed E-state index contributed by atoms with van der Waals surface area (Å²) < 4.78 is 46.5. The van der Waals surface area contributed by atoms with E-state index >= 15 is 0 Å². The van der Waals surface area contributed by atoms with Crippen LogP contribution in [0.5, 0.6) is 5.75 Å². The molecule has 12 heteroatoms.